The van der Waals surface area contributed by atoms with Crippen molar-refractivity contribution in [1.29, 1.82) is 0 Å². The average molecular weight is 495 g/mol. The fourth-order valence-corrected chi connectivity index (χ4v) is 5.68. The lowest BCUT2D eigenvalue weighted by atomic mass is 9.84. The van der Waals surface area contributed by atoms with Crippen molar-refractivity contribution >= 4 is 11.8 Å². The first-order valence-electron chi connectivity index (χ1n) is 13.0. The van der Waals surface area contributed by atoms with Gasteiger partial charge in [0.1, 0.15) is 12.0 Å². The van der Waals surface area contributed by atoms with Gasteiger partial charge in [0.25, 0.3) is 0 Å². The first-order valence-corrected chi connectivity index (χ1v) is 13.0. The fraction of sp³-hybridized carbons (Fsp3) is 0.548. The Morgan fingerprint density at radius 1 is 1.06 bits per heavy atom. The molecule has 2 heterocycles. The summed E-state index contributed by atoms with van der Waals surface area (Å²) in [4.78, 5) is 27.1. The predicted octanol–water partition coefficient (Wildman–Crippen LogP) is 6.80. The number of carbonyl (C=O) groups excluding carboxylic acids is 2. The topological polar surface area (TPSA) is 61.8 Å². The molecule has 0 N–H and O–H groups in total. The van der Waals surface area contributed by atoms with Crippen molar-refractivity contribution in [3.05, 3.63) is 69.8 Å². The number of cyclic esters (lactones) is 1. The smallest absolute Gasteiger partial charge is 0.316 e. The summed E-state index contributed by atoms with van der Waals surface area (Å²) < 4.78 is 18.5. The molecule has 2 aliphatic heterocycles. The van der Waals surface area contributed by atoms with Gasteiger partial charge < -0.3 is 14.2 Å². The van der Waals surface area contributed by atoms with E-state index < -0.39 is 29.9 Å². The van der Waals surface area contributed by atoms with Crippen LogP contribution >= 0.6 is 0 Å². The minimum absolute atomic E-state index is 0.0866. The summed E-state index contributed by atoms with van der Waals surface area (Å²) in [6, 6.07) is 4.19. The van der Waals surface area contributed by atoms with Crippen LogP contribution in [-0.2, 0) is 23.8 Å². The minimum atomic E-state index is -1.26. The zero-order chi connectivity index (χ0) is 26.8. The van der Waals surface area contributed by atoms with Crippen molar-refractivity contribution in [2.75, 3.05) is 6.61 Å². The van der Waals surface area contributed by atoms with E-state index in [0.29, 0.717) is 12.8 Å². The first-order chi connectivity index (χ1) is 16.9. The first kappa shape index (κ1) is 28.1. The standard InChI is InChI=1S/C31H42O5/c1-10-26-22(6)13-19(3)11-18(2)12-21(5)16-31(28(32)25(9)29(33)35-26)17-34-30(36-31)27-23(7)14-20(4)15-24(27)8/h12-15,18,25-26,30H,3,10-11,16-17H2,1-2,4-9H3/b21-12+,22-13+/t18-,25-,26-,30-,31-/m0/s1. The SMILES string of the molecule is C=C1/C=C(\C)[C@H](CC)OC(=O)[C@@H](C)C(=O)[C@@]2(CO[C@H](c3c(C)cc(C)cc3C)O2)C/C(C)=C/[C@@H](C)C1. The molecule has 0 aromatic heterocycles. The summed E-state index contributed by atoms with van der Waals surface area (Å²) in [7, 11) is 0. The molecule has 1 aromatic carbocycles. The van der Waals surface area contributed by atoms with Crippen LogP contribution in [0.5, 0.6) is 0 Å². The monoisotopic (exact) mass is 494 g/mol. The van der Waals surface area contributed by atoms with Crippen LogP contribution in [0, 0.1) is 32.6 Å². The molecular formula is C31H42O5. The van der Waals surface area contributed by atoms with Gasteiger partial charge in [0.2, 0.25) is 0 Å². The van der Waals surface area contributed by atoms with Crippen LogP contribution in [0.3, 0.4) is 0 Å². The van der Waals surface area contributed by atoms with E-state index in [0.717, 1.165) is 45.4 Å². The van der Waals surface area contributed by atoms with Crippen molar-refractivity contribution in [2.45, 2.75) is 92.6 Å². The summed E-state index contributed by atoms with van der Waals surface area (Å²) in [6.07, 6.45) is 4.86. The Kier molecular flexibility index (Phi) is 8.79. The molecule has 0 amide bonds. The van der Waals surface area contributed by atoms with Crippen molar-refractivity contribution < 1.29 is 23.8 Å². The van der Waals surface area contributed by atoms with Gasteiger partial charge in [-0.25, -0.2) is 0 Å². The normalized spacial score (nSPS) is 33.5. The molecule has 0 saturated carbocycles. The Hall–Kier alpha value is -2.50. The van der Waals surface area contributed by atoms with Crippen LogP contribution in [0.25, 0.3) is 0 Å². The molecule has 1 saturated heterocycles. The van der Waals surface area contributed by atoms with E-state index in [-0.39, 0.29) is 18.3 Å². The molecule has 0 radical (unpaired) electrons. The van der Waals surface area contributed by atoms with Crippen molar-refractivity contribution in [1.82, 2.24) is 0 Å². The van der Waals surface area contributed by atoms with E-state index in [4.69, 9.17) is 14.2 Å². The number of carbonyl (C=O) groups is 2. The molecule has 36 heavy (non-hydrogen) atoms. The molecule has 2 aliphatic rings. The number of benzene rings is 1. The number of rotatable bonds is 2. The number of esters is 1. The van der Waals surface area contributed by atoms with Crippen molar-refractivity contribution in [3.63, 3.8) is 0 Å². The van der Waals surface area contributed by atoms with Gasteiger partial charge in [-0.1, -0.05) is 61.4 Å². The maximum atomic E-state index is 13.9. The number of aryl methyl sites for hydroxylation is 3. The third kappa shape index (κ3) is 6.07. The predicted molar refractivity (Wildman–Crippen MR) is 143 cm³/mol. The summed E-state index contributed by atoms with van der Waals surface area (Å²) in [5, 5.41) is 0. The second kappa shape index (κ2) is 11.3. The van der Waals surface area contributed by atoms with Crippen molar-refractivity contribution in [2.24, 2.45) is 11.8 Å². The van der Waals surface area contributed by atoms with Gasteiger partial charge in [-0.2, -0.15) is 0 Å². The van der Waals surface area contributed by atoms with Crippen LogP contribution in [0.2, 0.25) is 0 Å². The highest BCUT2D eigenvalue weighted by Crippen LogP contribution is 2.42. The largest absolute Gasteiger partial charge is 0.457 e. The Labute approximate surface area is 216 Å². The lowest BCUT2D eigenvalue weighted by Crippen LogP contribution is -2.47. The van der Waals surface area contributed by atoms with Gasteiger partial charge in [-0.05, 0) is 77.0 Å². The molecule has 1 spiro atoms. The lowest BCUT2D eigenvalue weighted by molar-refractivity contribution is -0.163. The Morgan fingerprint density at radius 3 is 2.31 bits per heavy atom. The van der Waals surface area contributed by atoms with E-state index >= 15 is 0 Å². The van der Waals surface area contributed by atoms with Crippen LogP contribution in [0.1, 0.15) is 82.4 Å². The maximum absolute atomic E-state index is 13.9. The third-order valence-electron chi connectivity index (χ3n) is 7.26. The van der Waals surface area contributed by atoms with E-state index in [1.165, 1.54) is 0 Å². The number of Topliss-reactive ketones (excluding diaryl/α,β-unsaturated/α-hetero) is 1. The highest BCUT2D eigenvalue weighted by atomic mass is 16.7. The fourth-order valence-electron chi connectivity index (χ4n) is 5.68. The Morgan fingerprint density at radius 2 is 1.69 bits per heavy atom. The second-order valence-corrected chi connectivity index (χ2v) is 10.9. The number of hydrogen-bond donors (Lipinski definition) is 0. The summed E-state index contributed by atoms with van der Waals surface area (Å²) >= 11 is 0. The number of hydrogen-bond acceptors (Lipinski definition) is 5. The van der Waals surface area contributed by atoms with Gasteiger partial charge in [-0.3, -0.25) is 9.59 Å². The lowest BCUT2D eigenvalue weighted by Gasteiger charge is -2.30. The third-order valence-corrected chi connectivity index (χ3v) is 7.26. The maximum Gasteiger partial charge on any atom is 0.316 e. The summed E-state index contributed by atoms with van der Waals surface area (Å²) in [5.41, 5.74) is 5.90. The quantitative estimate of drug-likeness (QED) is 0.257. The molecule has 5 nitrogen and oxygen atoms in total. The highest BCUT2D eigenvalue weighted by Gasteiger charge is 2.51. The molecule has 1 aromatic rings. The molecule has 0 aliphatic carbocycles. The van der Waals surface area contributed by atoms with Gasteiger partial charge in [-0.15, -0.1) is 0 Å². The summed E-state index contributed by atoms with van der Waals surface area (Å²) in [6.45, 7) is 20.1. The van der Waals surface area contributed by atoms with E-state index in [9.17, 15) is 9.59 Å². The van der Waals surface area contributed by atoms with Crippen molar-refractivity contribution in [3.8, 4) is 0 Å². The molecule has 1 fully saturated rings. The Bertz CT molecular complexity index is 1070. The van der Waals surface area contributed by atoms with E-state index in [2.05, 4.69) is 38.6 Å². The van der Waals surface area contributed by atoms with Crippen LogP contribution in [0.15, 0.2) is 47.6 Å². The number of allylic oxidation sites excluding steroid dienone is 3. The average Bonchev–Trinajstić information content (AvgIpc) is 3.18. The molecule has 5 heteroatoms. The number of ketones is 1. The number of ether oxygens (including phenoxy) is 3. The van der Waals surface area contributed by atoms with E-state index in [1.54, 1.807) is 6.92 Å². The van der Waals surface area contributed by atoms with Gasteiger partial charge in [0.05, 0.1) is 6.61 Å². The Balaban J connectivity index is 2.02. The molecule has 196 valence electrons. The van der Waals surface area contributed by atoms with E-state index in [1.807, 2.05) is 40.7 Å². The zero-order valence-corrected chi connectivity index (χ0v) is 23.2. The highest BCUT2D eigenvalue weighted by molar-refractivity contribution is 6.03. The van der Waals surface area contributed by atoms with Gasteiger partial charge in [0.15, 0.2) is 17.7 Å². The van der Waals surface area contributed by atoms with Crippen LogP contribution in [0.4, 0.5) is 0 Å². The summed E-state index contributed by atoms with van der Waals surface area (Å²) in [5.74, 6) is -1.58. The molecule has 0 bridgehead atoms. The van der Waals surface area contributed by atoms with Gasteiger partial charge >= 0.3 is 5.97 Å². The molecule has 0 unspecified atom stereocenters. The van der Waals surface area contributed by atoms with Gasteiger partial charge in [0, 0.05) is 12.0 Å². The zero-order valence-electron chi connectivity index (χ0n) is 23.2. The minimum Gasteiger partial charge on any atom is -0.457 e. The molecular weight excluding hydrogens is 452 g/mol. The van der Waals surface area contributed by atoms with Crippen LogP contribution < -0.4 is 0 Å². The molecule has 5 atom stereocenters. The van der Waals surface area contributed by atoms with Crippen LogP contribution in [-0.4, -0.2) is 30.1 Å². The molecule has 3 rings (SSSR count). The second-order valence-electron chi connectivity index (χ2n) is 10.9.